The molecule has 0 aliphatic rings. The van der Waals surface area contributed by atoms with Crippen LogP contribution in [0.1, 0.15) is 13.3 Å². The van der Waals surface area contributed by atoms with Gasteiger partial charge in [-0.2, -0.15) is 0 Å². The number of esters is 1. The zero-order valence-electron chi connectivity index (χ0n) is 7.79. The van der Waals surface area contributed by atoms with E-state index in [1.165, 1.54) is 10.7 Å². The van der Waals surface area contributed by atoms with E-state index in [1.807, 2.05) is 18.2 Å². The highest BCUT2D eigenvalue weighted by Gasteiger charge is 1.87. The summed E-state index contributed by atoms with van der Waals surface area (Å²) in [5.74, 6) is -0.157. The maximum atomic E-state index is 9.96. The van der Waals surface area contributed by atoms with Crippen LogP contribution >= 0.6 is 22.6 Å². The lowest BCUT2D eigenvalue weighted by molar-refractivity contribution is -0.140. The molecule has 0 aliphatic heterocycles. The summed E-state index contributed by atoms with van der Waals surface area (Å²) in [7, 11) is 1.38. The van der Waals surface area contributed by atoms with Gasteiger partial charge in [-0.1, -0.05) is 25.1 Å². The van der Waals surface area contributed by atoms with Crippen molar-refractivity contribution in [2.24, 2.45) is 0 Å². The molecule has 0 unspecified atom stereocenters. The molecule has 0 spiro atoms. The van der Waals surface area contributed by atoms with E-state index < -0.39 is 0 Å². The molecule has 3 heteroatoms. The summed E-state index contributed by atoms with van der Waals surface area (Å²) in [5, 5.41) is 0. The SMILES string of the molecule is CCC(=O)OC.Ic1ccccc1. The van der Waals surface area contributed by atoms with Crippen molar-refractivity contribution in [3.8, 4) is 0 Å². The predicted octanol–water partition coefficient (Wildman–Crippen LogP) is 2.86. The van der Waals surface area contributed by atoms with Crippen LogP contribution < -0.4 is 0 Å². The van der Waals surface area contributed by atoms with Crippen LogP contribution in [0.4, 0.5) is 0 Å². The first-order valence-corrected chi connectivity index (χ1v) is 5.06. The van der Waals surface area contributed by atoms with E-state index in [2.05, 4.69) is 39.5 Å². The van der Waals surface area contributed by atoms with Crippen LogP contribution in [0.25, 0.3) is 0 Å². The Kier molecular flexibility index (Phi) is 7.68. The summed E-state index contributed by atoms with van der Waals surface area (Å²) in [6.45, 7) is 1.76. The van der Waals surface area contributed by atoms with Crippen molar-refractivity contribution in [2.45, 2.75) is 13.3 Å². The molecule has 0 saturated heterocycles. The molecule has 1 aromatic rings. The molecule has 0 bridgehead atoms. The minimum absolute atomic E-state index is 0.157. The lowest BCUT2D eigenvalue weighted by Gasteiger charge is -1.87. The molecule has 2 nitrogen and oxygen atoms in total. The number of halogens is 1. The Hall–Kier alpha value is -0.580. The third-order valence-electron chi connectivity index (χ3n) is 1.25. The number of carbonyl (C=O) groups excluding carboxylic acids is 1. The first kappa shape index (κ1) is 12.4. The summed E-state index contributed by atoms with van der Waals surface area (Å²) in [6.07, 6.45) is 0.469. The van der Waals surface area contributed by atoms with Gasteiger partial charge in [-0.25, -0.2) is 0 Å². The van der Waals surface area contributed by atoms with Gasteiger partial charge in [0, 0.05) is 9.99 Å². The van der Waals surface area contributed by atoms with Crippen molar-refractivity contribution in [2.75, 3.05) is 7.11 Å². The summed E-state index contributed by atoms with van der Waals surface area (Å²) in [6, 6.07) is 10.2. The van der Waals surface area contributed by atoms with Gasteiger partial charge in [-0.05, 0) is 34.7 Å². The maximum Gasteiger partial charge on any atom is 0.305 e. The highest BCUT2D eigenvalue weighted by Crippen LogP contribution is 1.99. The van der Waals surface area contributed by atoms with Crippen LogP contribution in [0.2, 0.25) is 0 Å². The molecule has 0 aromatic heterocycles. The fourth-order valence-corrected chi connectivity index (χ4v) is 0.974. The van der Waals surface area contributed by atoms with E-state index in [1.54, 1.807) is 6.92 Å². The average Bonchev–Trinajstić information content (AvgIpc) is 2.19. The Morgan fingerprint density at radius 2 is 1.92 bits per heavy atom. The van der Waals surface area contributed by atoms with Crippen molar-refractivity contribution in [1.82, 2.24) is 0 Å². The first-order chi connectivity index (χ1) is 6.20. The third-order valence-corrected chi connectivity index (χ3v) is 1.97. The monoisotopic (exact) mass is 292 g/mol. The van der Waals surface area contributed by atoms with E-state index in [-0.39, 0.29) is 5.97 Å². The van der Waals surface area contributed by atoms with Crippen LogP contribution in [0.3, 0.4) is 0 Å². The van der Waals surface area contributed by atoms with Gasteiger partial charge in [0.05, 0.1) is 7.11 Å². The molecule has 0 saturated carbocycles. The van der Waals surface area contributed by atoms with Gasteiger partial charge in [-0.15, -0.1) is 0 Å². The molecule has 72 valence electrons. The van der Waals surface area contributed by atoms with E-state index in [9.17, 15) is 4.79 Å². The molecular weight excluding hydrogens is 279 g/mol. The molecule has 0 N–H and O–H groups in total. The van der Waals surface area contributed by atoms with E-state index in [4.69, 9.17) is 0 Å². The molecule has 0 radical (unpaired) electrons. The maximum absolute atomic E-state index is 9.96. The predicted molar refractivity (Wildman–Crippen MR) is 61.5 cm³/mol. The fraction of sp³-hybridized carbons (Fsp3) is 0.300. The number of hydrogen-bond acceptors (Lipinski definition) is 2. The molecule has 13 heavy (non-hydrogen) atoms. The summed E-state index contributed by atoms with van der Waals surface area (Å²) < 4.78 is 5.55. The molecule has 0 aliphatic carbocycles. The van der Waals surface area contributed by atoms with Crippen LogP contribution in [0.15, 0.2) is 30.3 Å². The Labute approximate surface area is 92.4 Å². The zero-order chi connectivity index (χ0) is 10.1. The topological polar surface area (TPSA) is 26.3 Å². The van der Waals surface area contributed by atoms with Crippen molar-refractivity contribution in [3.63, 3.8) is 0 Å². The van der Waals surface area contributed by atoms with Crippen molar-refractivity contribution < 1.29 is 9.53 Å². The molecule has 1 aromatic carbocycles. The number of benzene rings is 1. The molecule has 0 heterocycles. The first-order valence-electron chi connectivity index (χ1n) is 3.98. The largest absolute Gasteiger partial charge is 0.469 e. The van der Waals surface area contributed by atoms with Gasteiger partial charge < -0.3 is 4.74 Å². The fourth-order valence-electron chi connectivity index (χ4n) is 0.559. The summed E-state index contributed by atoms with van der Waals surface area (Å²) in [5.41, 5.74) is 0. The van der Waals surface area contributed by atoms with Crippen LogP contribution in [-0.4, -0.2) is 13.1 Å². The lowest BCUT2D eigenvalue weighted by Crippen LogP contribution is -1.94. The van der Waals surface area contributed by atoms with Gasteiger partial charge in [-0.3, -0.25) is 4.79 Å². The third kappa shape index (κ3) is 7.77. The molecule has 0 fully saturated rings. The zero-order valence-corrected chi connectivity index (χ0v) is 9.95. The Bertz CT molecular complexity index is 228. The van der Waals surface area contributed by atoms with Gasteiger partial charge in [0.15, 0.2) is 0 Å². The molecule has 0 amide bonds. The number of carbonyl (C=O) groups is 1. The van der Waals surface area contributed by atoms with Crippen molar-refractivity contribution in [3.05, 3.63) is 33.9 Å². The van der Waals surface area contributed by atoms with E-state index >= 15 is 0 Å². The van der Waals surface area contributed by atoms with Crippen molar-refractivity contribution >= 4 is 28.6 Å². The highest BCUT2D eigenvalue weighted by molar-refractivity contribution is 14.1. The normalized spacial score (nSPS) is 8.23. The average molecular weight is 292 g/mol. The van der Waals surface area contributed by atoms with E-state index in [0.717, 1.165) is 0 Å². The second-order valence-corrected chi connectivity index (χ2v) is 3.47. The minimum atomic E-state index is -0.157. The standard InChI is InChI=1S/C6H5I.C4H8O2/c7-6-4-2-1-3-5-6;1-3-4(5)6-2/h1-5H;3H2,1-2H3. The number of rotatable bonds is 1. The Morgan fingerprint density at radius 3 is 2.08 bits per heavy atom. The number of methoxy groups -OCH3 is 1. The van der Waals surface area contributed by atoms with Gasteiger partial charge in [0.2, 0.25) is 0 Å². The molecule has 0 atom stereocenters. The Morgan fingerprint density at radius 1 is 1.38 bits per heavy atom. The number of ether oxygens (including phenoxy) is 1. The second kappa shape index (κ2) is 8.04. The van der Waals surface area contributed by atoms with Crippen LogP contribution in [-0.2, 0) is 9.53 Å². The molecule has 1 rings (SSSR count). The summed E-state index contributed by atoms with van der Waals surface area (Å²) in [4.78, 5) is 9.96. The quantitative estimate of drug-likeness (QED) is 0.587. The Balaban J connectivity index is 0.000000226. The van der Waals surface area contributed by atoms with Gasteiger partial charge in [0.25, 0.3) is 0 Å². The van der Waals surface area contributed by atoms with Gasteiger partial charge >= 0.3 is 5.97 Å². The van der Waals surface area contributed by atoms with Crippen molar-refractivity contribution in [1.29, 1.82) is 0 Å². The highest BCUT2D eigenvalue weighted by atomic mass is 127. The summed E-state index contributed by atoms with van der Waals surface area (Å²) >= 11 is 2.28. The number of hydrogen-bond donors (Lipinski definition) is 0. The lowest BCUT2D eigenvalue weighted by atomic mass is 10.4. The minimum Gasteiger partial charge on any atom is -0.469 e. The van der Waals surface area contributed by atoms with Crippen LogP contribution in [0, 0.1) is 3.57 Å². The molecular formula is C10H13IO2. The van der Waals surface area contributed by atoms with E-state index in [0.29, 0.717) is 6.42 Å². The second-order valence-electron chi connectivity index (χ2n) is 2.23. The van der Waals surface area contributed by atoms with Crippen LogP contribution in [0.5, 0.6) is 0 Å². The smallest absolute Gasteiger partial charge is 0.305 e. The van der Waals surface area contributed by atoms with Gasteiger partial charge in [0.1, 0.15) is 0 Å².